The van der Waals surface area contributed by atoms with Crippen molar-refractivity contribution >= 4 is 16.7 Å². The van der Waals surface area contributed by atoms with E-state index < -0.39 is 0 Å². The Bertz CT molecular complexity index is 930. The Morgan fingerprint density at radius 2 is 1.91 bits per heavy atom. The van der Waals surface area contributed by atoms with Gasteiger partial charge in [-0.25, -0.2) is 0 Å². The quantitative estimate of drug-likeness (QED) is 0.806. The Labute approximate surface area is 133 Å². The summed E-state index contributed by atoms with van der Waals surface area (Å²) in [5.74, 6) is -0.274. The summed E-state index contributed by atoms with van der Waals surface area (Å²) < 4.78 is 1.39. The van der Waals surface area contributed by atoms with E-state index in [9.17, 15) is 9.59 Å². The average Bonchev–Trinajstić information content (AvgIpc) is 2.57. The maximum Gasteiger partial charge on any atom is 0.268 e. The van der Waals surface area contributed by atoms with Crippen molar-refractivity contribution in [3.8, 4) is 0 Å². The lowest BCUT2D eigenvalue weighted by atomic mass is 10.1. The third-order valence-electron chi connectivity index (χ3n) is 3.83. The number of fused-ring (bicyclic) bond motifs is 1. The Morgan fingerprint density at radius 1 is 1.17 bits per heavy atom. The van der Waals surface area contributed by atoms with Crippen molar-refractivity contribution in [1.82, 2.24) is 14.9 Å². The SMILES string of the molecule is Cc1ccc2cc(C(=O)NCc3ccncc3)n(C)c(=O)c2c1. The van der Waals surface area contributed by atoms with Crippen LogP contribution in [0, 0.1) is 6.92 Å². The summed E-state index contributed by atoms with van der Waals surface area (Å²) in [6.45, 7) is 2.33. The molecule has 2 aromatic heterocycles. The molecule has 0 spiro atoms. The van der Waals surface area contributed by atoms with Crippen molar-refractivity contribution in [3.63, 3.8) is 0 Å². The molecule has 0 aliphatic rings. The number of hydrogen-bond donors (Lipinski definition) is 1. The molecule has 0 unspecified atom stereocenters. The van der Waals surface area contributed by atoms with E-state index in [-0.39, 0.29) is 11.5 Å². The molecule has 0 atom stereocenters. The van der Waals surface area contributed by atoms with E-state index in [0.717, 1.165) is 16.5 Å². The number of pyridine rings is 2. The number of amides is 1. The molecule has 0 aliphatic carbocycles. The van der Waals surface area contributed by atoms with Crippen LogP contribution in [0.4, 0.5) is 0 Å². The zero-order chi connectivity index (χ0) is 16.4. The van der Waals surface area contributed by atoms with E-state index >= 15 is 0 Å². The van der Waals surface area contributed by atoms with Gasteiger partial charge in [-0.3, -0.25) is 14.6 Å². The van der Waals surface area contributed by atoms with E-state index in [1.165, 1.54) is 4.57 Å². The normalized spacial score (nSPS) is 10.7. The molecule has 0 fully saturated rings. The van der Waals surface area contributed by atoms with Crippen LogP contribution >= 0.6 is 0 Å². The van der Waals surface area contributed by atoms with E-state index in [0.29, 0.717) is 17.6 Å². The maximum absolute atomic E-state index is 12.5. The van der Waals surface area contributed by atoms with Gasteiger partial charge in [-0.1, -0.05) is 17.7 Å². The van der Waals surface area contributed by atoms with Crippen molar-refractivity contribution in [3.05, 3.63) is 76.0 Å². The minimum absolute atomic E-state index is 0.166. The van der Waals surface area contributed by atoms with Crippen LogP contribution in [0.5, 0.6) is 0 Å². The van der Waals surface area contributed by atoms with Gasteiger partial charge in [0.1, 0.15) is 5.69 Å². The zero-order valence-corrected chi connectivity index (χ0v) is 13.0. The molecule has 3 rings (SSSR count). The first-order valence-electron chi connectivity index (χ1n) is 7.34. The van der Waals surface area contributed by atoms with Gasteiger partial charge in [-0.15, -0.1) is 0 Å². The standard InChI is InChI=1S/C18H17N3O2/c1-12-3-4-14-10-16(21(2)18(23)15(14)9-12)17(22)20-11-13-5-7-19-8-6-13/h3-10H,11H2,1-2H3,(H,20,22). The van der Waals surface area contributed by atoms with Gasteiger partial charge in [0.25, 0.3) is 11.5 Å². The summed E-state index contributed by atoms with van der Waals surface area (Å²) >= 11 is 0. The fraction of sp³-hybridized carbons (Fsp3) is 0.167. The van der Waals surface area contributed by atoms with Gasteiger partial charge in [-0.2, -0.15) is 0 Å². The topological polar surface area (TPSA) is 64.0 Å². The lowest BCUT2D eigenvalue weighted by molar-refractivity contribution is 0.0941. The minimum atomic E-state index is -0.274. The van der Waals surface area contributed by atoms with Crippen LogP contribution in [0.1, 0.15) is 21.6 Å². The van der Waals surface area contributed by atoms with Crippen molar-refractivity contribution < 1.29 is 4.79 Å². The fourth-order valence-corrected chi connectivity index (χ4v) is 2.51. The molecule has 0 saturated carbocycles. The molecule has 0 saturated heterocycles. The molecule has 0 radical (unpaired) electrons. The number of hydrogen-bond acceptors (Lipinski definition) is 3. The van der Waals surface area contributed by atoms with Crippen LogP contribution in [-0.2, 0) is 13.6 Å². The number of aromatic nitrogens is 2. The number of nitrogens with zero attached hydrogens (tertiary/aromatic N) is 2. The number of nitrogens with one attached hydrogen (secondary N) is 1. The Morgan fingerprint density at radius 3 is 2.65 bits per heavy atom. The average molecular weight is 307 g/mol. The van der Waals surface area contributed by atoms with Crippen LogP contribution in [0.15, 0.2) is 53.6 Å². The molecular formula is C18H17N3O2. The summed E-state index contributed by atoms with van der Waals surface area (Å²) in [7, 11) is 1.62. The van der Waals surface area contributed by atoms with E-state index in [4.69, 9.17) is 0 Å². The first kappa shape index (κ1) is 15.0. The lowest BCUT2D eigenvalue weighted by Gasteiger charge is -2.11. The molecule has 23 heavy (non-hydrogen) atoms. The second-order valence-corrected chi connectivity index (χ2v) is 5.52. The van der Waals surface area contributed by atoms with Crippen LogP contribution in [0.3, 0.4) is 0 Å². The molecule has 3 aromatic rings. The molecule has 1 N–H and O–H groups in total. The third kappa shape index (κ3) is 2.99. The number of carbonyl (C=O) groups excluding carboxylic acids is 1. The third-order valence-corrected chi connectivity index (χ3v) is 3.83. The molecular weight excluding hydrogens is 290 g/mol. The summed E-state index contributed by atoms with van der Waals surface area (Å²) in [6.07, 6.45) is 3.35. The smallest absolute Gasteiger partial charge is 0.268 e. The van der Waals surface area contributed by atoms with Gasteiger partial charge < -0.3 is 9.88 Å². The van der Waals surface area contributed by atoms with Crippen LogP contribution in [0.25, 0.3) is 10.8 Å². The van der Waals surface area contributed by atoms with Gasteiger partial charge in [0.05, 0.1) is 0 Å². The molecule has 1 amide bonds. The molecule has 116 valence electrons. The molecule has 5 heteroatoms. The number of benzene rings is 1. The Kier molecular flexibility index (Phi) is 3.93. The number of rotatable bonds is 3. The molecule has 2 heterocycles. The zero-order valence-electron chi connectivity index (χ0n) is 13.0. The molecule has 1 aromatic carbocycles. The van der Waals surface area contributed by atoms with Crippen LogP contribution in [0.2, 0.25) is 0 Å². The van der Waals surface area contributed by atoms with E-state index in [1.807, 2.05) is 37.3 Å². The first-order chi connectivity index (χ1) is 11.1. The minimum Gasteiger partial charge on any atom is -0.347 e. The van der Waals surface area contributed by atoms with Crippen molar-refractivity contribution in [1.29, 1.82) is 0 Å². The second-order valence-electron chi connectivity index (χ2n) is 5.52. The van der Waals surface area contributed by atoms with Crippen LogP contribution in [-0.4, -0.2) is 15.5 Å². The molecule has 0 aliphatic heterocycles. The maximum atomic E-state index is 12.5. The summed E-state index contributed by atoms with van der Waals surface area (Å²) in [4.78, 5) is 28.8. The van der Waals surface area contributed by atoms with Gasteiger partial charge in [0.15, 0.2) is 0 Å². The summed E-state index contributed by atoms with van der Waals surface area (Å²) in [6, 6.07) is 11.1. The largest absolute Gasteiger partial charge is 0.347 e. The van der Waals surface area contributed by atoms with Crippen molar-refractivity contribution in [2.75, 3.05) is 0 Å². The highest BCUT2D eigenvalue weighted by Gasteiger charge is 2.13. The van der Waals surface area contributed by atoms with Crippen molar-refractivity contribution in [2.45, 2.75) is 13.5 Å². The summed E-state index contributed by atoms with van der Waals surface area (Å²) in [5, 5.41) is 4.23. The van der Waals surface area contributed by atoms with Gasteiger partial charge in [0, 0.05) is 31.4 Å². The van der Waals surface area contributed by atoms with E-state index in [1.54, 1.807) is 25.5 Å². The Hall–Kier alpha value is -2.95. The first-order valence-corrected chi connectivity index (χ1v) is 7.34. The summed E-state index contributed by atoms with van der Waals surface area (Å²) in [5.41, 5.74) is 2.15. The van der Waals surface area contributed by atoms with Crippen molar-refractivity contribution in [2.24, 2.45) is 7.05 Å². The van der Waals surface area contributed by atoms with Gasteiger partial charge >= 0.3 is 0 Å². The highest BCUT2D eigenvalue weighted by molar-refractivity contribution is 5.96. The second kappa shape index (κ2) is 6.04. The van der Waals surface area contributed by atoms with Gasteiger partial charge in [0.2, 0.25) is 0 Å². The monoisotopic (exact) mass is 307 g/mol. The molecule has 5 nitrogen and oxygen atoms in total. The Balaban J connectivity index is 1.93. The number of carbonyl (C=O) groups is 1. The molecule has 0 bridgehead atoms. The highest BCUT2D eigenvalue weighted by atomic mass is 16.2. The van der Waals surface area contributed by atoms with Crippen LogP contribution < -0.4 is 10.9 Å². The fourth-order valence-electron chi connectivity index (χ4n) is 2.51. The van der Waals surface area contributed by atoms with Gasteiger partial charge in [-0.05, 0) is 42.1 Å². The predicted molar refractivity (Wildman–Crippen MR) is 89.3 cm³/mol. The number of aryl methyl sites for hydroxylation is 1. The predicted octanol–water partition coefficient (Wildman–Crippen LogP) is 2.17. The highest BCUT2D eigenvalue weighted by Crippen LogP contribution is 2.14. The van der Waals surface area contributed by atoms with E-state index in [2.05, 4.69) is 10.3 Å². The lowest BCUT2D eigenvalue weighted by Crippen LogP contribution is -2.30.